The molecule has 0 unspecified atom stereocenters. The molecule has 26 heavy (non-hydrogen) atoms. The summed E-state index contributed by atoms with van der Waals surface area (Å²) in [5.74, 6) is 6.42. The van der Waals surface area contributed by atoms with Gasteiger partial charge < -0.3 is 20.3 Å². The van der Waals surface area contributed by atoms with Gasteiger partial charge in [-0.05, 0) is 36.4 Å². The zero-order chi connectivity index (χ0) is 18.9. The lowest BCUT2D eigenvalue weighted by Crippen LogP contribution is -2.28. The van der Waals surface area contributed by atoms with Crippen molar-refractivity contribution in [3.05, 3.63) is 59.7 Å². The van der Waals surface area contributed by atoms with Crippen LogP contribution in [0.3, 0.4) is 0 Å². The van der Waals surface area contributed by atoms with E-state index in [4.69, 9.17) is 4.74 Å². The van der Waals surface area contributed by atoms with Crippen LogP contribution in [0, 0.1) is 11.8 Å². The number of ether oxygens (including phenoxy) is 1. The van der Waals surface area contributed by atoms with E-state index in [1.165, 1.54) is 4.90 Å². The fraction of sp³-hybridized carbons (Fsp3) is 0.200. The Morgan fingerprint density at radius 3 is 2.50 bits per heavy atom. The Hall–Kier alpha value is -3.46. The molecule has 0 aromatic heterocycles. The molecule has 0 radical (unpaired) electrons. The lowest BCUT2D eigenvalue weighted by molar-refractivity contribution is 0.0827. The molecule has 6 nitrogen and oxygen atoms in total. The highest BCUT2D eigenvalue weighted by Gasteiger charge is 2.06. The Labute approximate surface area is 153 Å². The summed E-state index contributed by atoms with van der Waals surface area (Å²) in [6.45, 7) is 0.203. The summed E-state index contributed by atoms with van der Waals surface area (Å²) in [4.78, 5) is 25.2. The molecule has 2 rings (SSSR count). The fourth-order valence-corrected chi connectivity index (χ4v) is 2.10. The predicted molar refractivity (Wildman–Crippen MR) is 101 cm³/mol. The van der Waals surface area contributed by atoms with Gasteiger partial charge in [0, 0.05) is 37.0 Å². The second-order valence-electron chi connectivity index (χ2n) is 5.62. The van der Waals surface area contributed by atoms with Crippen LogP contribution in [0.1, 0.15) is 15.9 Å². The summed E-state index contributed by atoms with van der Waals surface area (Å²) < 4.78 is 5.10. The Kier molecular flexibility index (Phi) is 6.63. The molecule has 0 spiro atoms. The number of amides is 3. The highest BCUT2D eigenvalue weighted by molar-refractivity contribution is 5.94. The minimum Gasteiger partial charge on any atom is -0.497 e. The van der Waals surface area contributed by atoms with Crippen molar-refractivity contribution in [3.8, 4) is 17.6 Å². The summed E-state index contributed by atoms with van der Waals surface area (Å²) in [5, 5.41) is 5.36. The van der Waals surface area contributed by atoms with E-state index in [1.807, 2.05) is 0 Å². The van der Waals surface area contributed by atoms with Crippen LogP contribution in [0.15, 0.2) is 48.5 Å². The molecule has 134 valence electrons. The Morgan fingerprint density at radius 2 is 1.85 bits per heavy atom. The average Bonchev–Trinajstić information content (AvgIpc) is 2.65. The van der Waals surface area contributed by atoms with Crippen molar-refractivity contribution in [2.75, 3.05) is 33.1 Å². The van der Waals surface area contributed by atoms with Crippen LogP contribution in [-0.4, -0.2) is 44.6 Å². The van der Waals surface area contributed by atoms with Gasteiger partial charge in [0.05, 0.1) is 13.7 Å². The van der Waals surface area contributed by atoms with Gasteiger partial charge in [0.15, 0.2) is 0 Å². The number of benzene rings is 2. The zero-order valence-corrected chi connectivity index (χ0v) is 15.0. The third-order valence-corrected chi connectivity index (χ3v) is 3.44. The molecular formula is C20H21N3O3. The van der Waals surface area contributed by atoms with Gasteiger partial charge in [-0.25, -0.2) is 4.79 Å². The largest absolute Gasteiger partial charge is 0.497 e. The number of anilines is 1. The first-order chi connectivity index (χ1) is 12.5. The van der Waals surface area contributed by atoms with Crippen LogP contribution in [0.25, 0.3) is 0 Å². The van der Waals surface area contributed by atoms with Gasteiger partial charge in [0.25, 0.3) is 5.91 Å². The van der Waals surface area contributed by atoms with E-state index in [-0.39, 0.29) is 18.5 Å². The first-order valence-electron chi connectivity index (χ1n) is 7.99. The fourth-order valence-electron chi connectivity index (χ4n) is 2.10. The van der Waals surface area contributed by atoms with E-state index < -0.39 is 0 Å². The number of methoxy groups -OCH3 is 1. The van der Waals surface area contributed by atoms with E-state index in [2.05, 4.69) is 22.5 Å². The zero-order valence-electron chi connectivity index (χ0n) is 15.0. The van der Waals surface area contributed by atoms with Crippen LogP contribution in [-0.2, 0) is 0 Å². The van der Waals surface area contributed by atoms with Gasteiger partial charge in [-0.15, -0.1) is 0 Å². The Bertz CT molecular complexity index is 833. The SMILES string of the molecule is COc1cccc(NC(=O)NCC#Cc2ccc(C(=O)N(C)C)cc2)c1. The van der Waals surface area contributed by atoms with E-state index in [1.54, 1.807) is 69.7 Å². The van der Waals surface area contributed by atoms with Crippen LogP contribution < -0.4 is 15.4 Å². The molecule has 0 aliphatic carbocycles. The maximum absolute atomic E-state index is 11.8. The van der Waals surface area contributed by atoms with Gasteiger partial charge in [0.2, 0.25) is 0 Å². The van der Waals surface area contributed by atoms with Gasteiger partial charge in [-0.2, -0.15) is 0 Å². The third kappa shape index (κ3) is 5.56. The molecular weight excluding hydrogens is 330 g/mol. The van der Waals surface area contributed by atoms with Gasteiger partial charge in [-0.1, -0.05) is 17.9 Å². The van der Waals surface area contributed by atoms with Crippen LogP contribution in [0.5, 0.6) is 5.75 Å². The topological polar surface area (TPSA) is 70.7 Å². The first-order valence-corrected chi connectivity index (χ1v) is 7.99. The maximum atomic E-state index is 11.8. The summed E-state index contributed by atoms with van der Waals surface area (Å²) >= 11 is 0. The van der Waals surface area contributed by atoms with Crippen molar-refractivity contribution in [1.29, 1.82) is 0 Å². The standard InChI is InChI=1S/C20H21N3O3/c1-23(2)19(24)16-11-9-15(10-12-16)6-5-13-21-20(25)22-17-7-4-8-18(14-17)26-3/h4,7-12,14H,13H2,1-3H3,(H2,21,22,25). The summed E-state index contributed by atoms with van der Waals surface area (Å²) in [7, 11) is 4.98. The Morgan fingerprint density at radius 1 is 1.12 bits per heavy atom. The number of carbonyl (C=O) groups excluding carboxylic acids is 2. The van der Waals surface area contributed by atoms with Crippen molar-refractivity contribution >= 4 is 17.6 Å². The third-order valence-electron chi connectivity index (χ3n) is 3.44. The number of nitrogens with one attached hydrogen (secondary N) is 2. The number of nitrogens with zero attached hydrogens (tertiary/aromatic N) is 1. The van der Waals surface area contributed by atoms with Crippen molar-refractivity contribution in [2.45, 2.75) is 0 Å². The molecule has 2 aromatic carbocycles. The quantitative estimate of drug-likeness (QED) is 0.832. The molecule has 0 saturated heterocycles. The molecule has 0 bridgehead atoms. The Balaban J connectivity index is 1.84. The van der Waals surface area contributed by atoms with E-state index >= 15 is 0 Å². The molecule has 2 N–H and O–H groups in total. The first kappa shape index (κ1) is 18.9. The second-order valence-corrected chi connectivity index (χ2v) is 5.62. The molecule has 0 atom stereocenters. The second kappa shape index (κ2) is 9.14. The van der Waals surface area contributed by atoms with Crippen molar-refractivity contribution in [2.24, 2.45) is 0 Å². The highest BCUT2D eigenvalue weighted by atomic mass is 16.5. The van der Waals surface area contributed by atoms with E-state index in [9.17, 15) is 9.59 Å². The summed E-state index contributed by atoms with van der Waals surface area (Å²) in [5.41, 5.74) is 2.02. The number of carbonyl (C=O) groups is 2. The van der Waals surface area contributed by atoms with E-state index in [0.29, 0.717) is 17.0 Å². The van der Waals surface area contributed by atoms with Crippen LogP contribution >= 0.6 is 0 Å². The molecule has 0 heterocycles. The average molecular weight is 351 g/mol. The summed E-state index contributed by atoms with van der Waals surface area (Å²) in [6, 6.07) is 13.8. The van der Waals surface area contributed by atoms with Gasteiger partial charge in [0.1, 0.15) is 5.75 Å². The molecule has 0 aliphatic heterocycles. The molecule has 0 saturated carbocycles. The molecule has 6 heteroatoms. The minimum atomic E-state index is -0.348. The number of rotatable bonds is 4. The number of hydrogen-bond donors (Lipinski definition) is 2. The number of urea groups is 1. The van der Waals surface area contributed by atoms with Crippen molar-refractivity contribution in [1.82, 2.24) is 10.2 Å². The molecule has 0 aliphatic rings. The predicted octanol–water partition coefficient (Wildman–Crippen LogP) is 2.57. The van der Waals surface area contributed by atoms with Crippen molar-refractivity contribution in [3.63, 3.8) is 0 Å². The molecule has 3 amide bonds. The maximum Gasteiger partial charge on any atom is 0.319 e. The van der Waals surface area contributed by atoms with Crippen molar-refractivity contribution < 1.29 is 14.3 Å². The lowest BCUT2D eigenvalue weighted by atomic mass is 10.1. The molecule has 0 fully saturated rings. The van der Waals surface area contributed by atoms with Crippen LogP contribution in [0.4, 0.5) is 10.5 Å². The summed E-state index contributed by atoms with van der Waals surface area (Å²) in [6.07, 6.45) is 0. The smallest absolute Gasteiger partial charge is 0.319 e. The lowest BCUT2D eigenvalue weighted by Gasteiger charge is -2.09. The van der Waals surface area contributed by atoms with E-state index in [0.717, 1.165) is 5.56 Å². The van der Waals surface area contributed by atoms with Crippen LogP contribution in [0.2, 0.25) is 0 Å². The molecule has 2 aromatic rings. The normalized spacial score (nSPS) is 9.50. The number of hydrogen-bond acceptors (Lipinski definition) is 3. The van der Waals surface area contributed by atoms with Gasteiger partial charge in [-0.3, -0.25) is 4.79 Å². The monoisotopic (exact) mass is 351 g/mol. The van der Waals surface area contributed by atoms with Gasteiger partial charge >= 0.3 is 6.03 Å². The minimum absolute atomic E-state index is 0.0552. The highest BCUT2D eigenvalue weighted by Crippen LogP contribution is 2.16.